The Hall–Kier alpha value is -2.05. The van der Waals surface area contributed by atoms with E-state index in [1.165, 1.54) is 6.92 Å². The first kappa shape index (κ1) is 23.6. The van der Waals surface area contributed by atoms with E-state index in [4.69, 9.17) is 4.42 Å². The van der Waals surface area contributed by atoms with Gasteiger partial charge in [-0.1, -0.05) is 0 Å². The van der Waals surface area contributed by atoms with Gasteiger partial charge in [-0.05, 0) is 33.2 Å². The molecule has 12 heteroatoms. The van der Waals surface area contributed by atoms with Crippen LogP contribution in [0.2, 0.25) is 0 Å². The Balaban J connectivity index is 1.51. The van der Waals surface area contributed by atoms with E-state index in [0.717, 1.165) is 23.0 Å². The number of nitrogens with zero attached hydrogens (tertiary/aromatic N) is 5. The van der Waals surface area contributed by atoms with E-state index < -0.39 is 10.2 Å². The molecule has 1 aromatic heterocycles. The van der Waals surface area contributed by atoms with Crippen molar-refractivity contribution in [2.45, 2.75) is 25.6 Å². The van der Waals surface area contributed by atoms with E-state index in [-0.39, 0.29) is 17.8 Å². The van der Waals surface area contributed by atoms with Crippen LogP contribution in [0.5, 0.6) is 0 Å². The number of nitrogens with one attached hydrogen (secondary N) is 1. The normalized spacial score (nSPS) is 20.8. The van der Waals surface area contributed by atoms with Crippen LogP contribution in [-0.4, -0.2) is 93.3 Å². The van der Waals surface area contributed by atoms with Gasteiger partial charge in [0.1, 0.15) is 11.5 Å². The summed E-state index contributed by atoms with van der Waals surface area (Å²) in [6.07, 6.45) is 0. The monoisotopic (exact) mass is 470 g/mol. The van der Waals surface area contributed by atoms with Gasteiger partial charge >= 0.3 is 10.2 Å². The molecular weight excluding hydrogens is 440 g/mol. The third-order valence-corrected chi connectivity index (χ3v) is 7.11. The molecule has 1 aromatic rings. The first-order valence-electron chi connectivity index (χ1n) is 10.2. The summed E-state index contributed by atoms with van der Waals surface area (Å²) in [6, 6.07) is 4.21. The van der Waals surface area contributed by atoms with Gasteiger partial charge in [0, 0.05) is 38.9 Å². The van der Waals surface area contributed by atoms with Gasteiger partial charge in [-0.15, -0.1) is 4.40 Å². The first-order chi connectivity index (χ1) is 14.7. The van der Waals surface area contributed by atoms with E-state index in [1.807, 2.05) is 31.1 Å². The SMILES string of the molecule is CC(=O)N1CCN(C2=NS(=O)(=O)NC2=NCCSCc2ccc(C(C)N(C)C)o2)CC1. The molecule has 31 heavy (non-hydrogen) atoms. The minimum absolute atomic E-state index is 0.0181. The standard InChI is InChI=1S/C19H30N6O4S2/c1-14(23(3)4)17-6-5-16(29-17)13-30-12-7-20-18-19(22-31(27,28)21-18)25-10-8-24(9-11-25)15(2)26/h5-6,14H,7-13H2,1-4H3,(H,20,21). The van der Waals surface area contributed by atoms with Crippen LogP contribution in [0.15, 0.2) is 25.9 Å². The predicted octanol–water partition coefficient (Wildman–Crippen LogP) is 0.945. The van der Waals surface area contributed by atoms with E-state index >= 15 is 0 Å². The molecule has 2 aliphatic rings. The van der Waals surface area contributed by atoms with Crippen molar-refractivity contribution in [2.24, 2.45) is 9.39 Å². The molecule has 0 radical (unpaired) electrons. The number of hydrogen-bond donors (Lipinski definition) is 1. The molecule has 3 heterocycles. The maximum Gasteiger partial charge on any atom is 0.345 e. The maximum atomic E-state index is 12.0. The Bertz CT molecular complexity index is 948. The van der Waals surface area contributed by atoms with Crippen LogP contribution in [-0.2, 0) is 20.8 Å². The Morgan fingerprint density at radius 2 is 2.03 bits per heavy atom. The smallest absolute Gasteiger partial charge is 0.345 e. The maximum absolute atomic E-state index is 12.0. The molecule has 1 saturated heterocycles. The van der Waals surface area contributed by atoms with Crippen LogP contribution < -0.4 is 4.72 Å². The quantitative estimate of drug-likeness (QED) is 0.591. The number of amides is 1. The molecule has 0 spiro atoms. The second-order valence-corrected chi connectivity index (χ2v) is 10.2. The zero-order valence-electron chi connectivity index (χ0n) is 18.4. The lowest BCUT2D eigenvalue weighted by molar-refractivity contribution is -0.130. The summed E-state index contributed by atoms with van der Waals surface area (Å²) in [5.74, 6) is 3.92. The molecule has 0 aromatic carbocycles. The highest BCUT2D eigenvalue weighted by Gasteiger charge is 2.32. The summed E-state index contributed by atoms with van der Waals surface area (Å²) in [5, 5.41) is 0. The lowest BCUT2D eigenvalue weighted by atomic mass is 10.2. The second-order valence-electron chi connectivity index (χ2n) is 7.71. The van der Waals surface area contributed by atoms with Crippen LogP contribution in [0.25, 0.3) is 0 Å². The van der Waals surface area contributed by atoms with E-state index in [0.29, 0.717) is 38.6 Å². The average Bonchev–Trinajstić information content (AvgIpc) is 3.31. The molecule has 1 amide bonds. The van der Waals surface area contributed by atoms with Gasteiger partial charge in [-0.2, -0.15) is 20.2 Å². The molecule has 1 atom stereocenters. The second kappa shape index (κ2) is 10.0. The van der Waals surface area contributed by atoms with Crippen molar-refractivity contribution in [2.75, 3.05) is 52.6 Å². The number of thioether (sulfide) groups is 1. The number of piperazine rings is 1. The highest BCUT2D eigenvalue weighted by molar-refractivity contribution is 7.98. The Morgan fingerprint density at radius 3 is 2.68 bits per heavy atom. The van der Waals surface area contributed by atoms with Crippen molar-refractivity contribution >= 4 is 39.5 Å². The van der Waals surface area contributed by atoms with Crippen molar-refractivity contribution in [3.8, 4) is 0 Å². The van der Waals surface area contributed by atoms with Crippen molar-refractivity contribution in [3.05, 3.63) is 23.7 Å². The molecule has 2 aliphatic heterocycles. The van der Waals surface area contributed by atoms with Gasteiger partial charge in [-0.3, -0.25) is 14.7 Å². The summed E-state index contributed by atoms with van der Waals surface area (Å²) in [6.45, 7) is 6.20. The van der Waals surface area contributed by atoms with E-state index in [2.05, 4.69) is 25.9 Å². The van der Waals surface area contributed by atoms with Gasteiger partial charge in [0.2, 0.25) is 5.91 Å². The molecule has 10 nitrogen and oxygen atoms in total. The van der Waals surface area contributed by atoms with Gasteiger partial charge in [0.05, 0.1) is 18.3 Å². The average molecular weight is 471 g/mol. The first-order valence-corrected chi connectivity index (χ1v) is 12.8. The summed E-state index contributed by atoms with van der Waals surface area (Å²) in [5.41, 5.74) is 0. The van der Waals surface area contributed by atoms with Gasteiger partial charge in [-0.25, -0.2) is 4.72 Å². The minimum Gasteiger partial charge on any atom is -0.464 e. The summed E-state index contributed by atoms with van der Waals surface area (Å²) in [7, 11) is 0.263. The number of aliphatic imine (C=N–C) groups is 1. The lowest BCUT2D eigenvalue weighted by Gasteiger charge is -2.34. The molecular formula is C19H30N6O4S2. The minimum atomic E-state index is -3.76. The number of carbonyl (C=O) groups excluding carboxylic acids is 1. The summed E-state index contributed by atoms with van der Waals surface area (Å²) < 4.78 is 36.0. The molecule has 1 fully saturated rings. The van der Waals surface area contributed by atoms with Crippen molar-refractivity contribution in [3.63, 3.8) is 0 Å². The Morgan fingerprint density at radius 1 is 1.32 bits per heavy atom. The number of rotatable bonds is 7. The highest BCUT2D eigenvalue weighted by Crippen LogP contribution is 2.22. The Kier molecular flexibility index (Phi) is 7.65. The van der Waals surface area contributed by atoms with Crippen LogP contribution in [0.1, 0.15) is 31.4 Å². The van der Waals surface area contributed by atoms with Crippen LogP contribution in [0.4, 0.5) is 0 Å². The van der Waals surface area contributed by atoms with Crippen LogP contribution in [0, 0.1) is 0 Å². The van der Waals surface area contributed by atoms with E-state index in [9.17, 15) is 13.2 Å². The third-order valence-electron chi connectivity index (χ3n) is 5.29. The molecule has 1 unspecified atom stereocenters. The van der Waals surface area contributed by atoms with Crippen LogP contribution in [0.3, 0.4) is 0 Å². The fourth-order valence-corrected chi connectivity index (χ4v) is 4.83. The zero-order chi connectivity index (χ0) is 22.6. The van der Waals surface area contributed by atoms with Crippen molar-refractivity contribution in [1.82, 2.24) is 19.4 Å². The number of carbonyl (C=O) groups is 1. The van der Waals surface area contributed by atoms with Crippen molar-refractivity contribution in [1.29, 1.82) is 0 Å². The Labute approximate surface area is 187 Å². The van der Waals surface area contributed by atoms with Gasteiger partial charge in [0.15, 0.2) is 11.7 Å². The molecule has 0 bridgehead atoms. The van der Waals surface area contributed by atoms with Crippen LogP contribution >= 0.6 is 11.8 Å². The molecule has 1 N–H and O–H groups in total. The zero-order valence-corrected chi connectivity index (χ0v) is 20.0. The number of furan rings is 1. The fraction of sp³-hybridized carbons (Fsp3) is 0.632. The molecule has 172 valence electrons. The lowest BCUT2D eigenvalue weighted by Crippen LogP contribution is -2.52. The topological polar surface area (TPSA) is 111 Å². The van der Waals surface area contributed by atoms with Gasteiger partial charge in [0.25, 0.3) is 0 Å². The summed E-state index contributed by atoms with van der Waals surface area (Å²) in [4.78, 5) is 21.6. The van der Waals surface area contributed by atoms with E-state index in [1.54, 1.807) is 16.7 Å². The van der Waals surface area contributed by atoms with Crippen molar-refractivity contribution < 1.29 is 17.6 Å². The highest BCUT2D eigenvalue weighted by atomic mass is 32.2. The number of hydrogen-bond acceptors (Lipinski definition) is 8. The number of amidine groups is 2. The molecule has 0 saturated carbocycles. The summed E-state index contributed by atoms with van der Waals surface area (Å²) >= 11 is 1.67. The fourth-order valence-electron chi connectivity index (χ4n) is 3.24. The molecule has 3 rings (SSSR count). The van der Waals surface area contributed by atoms with Gasteiger partial charge < -0.3 is 14.2 Å². The predicted molar refractivity (Wildman–Crippen MR) is 123 cm³/mol. The largest absolute Gasteiger partial charge is 0.464 e. The molecule has 0 aliphatic carbocycles. The third kappa shape index (κ3) is 6.23.